The molecule has 24 heavy (non-hydrogen) atoms. The minimum Gasteiger partial charge on any atom is -0.467 e. The summed E-state index contributed by atoms with van der Waals surface area (Å²) in [5.41, 5.74) is 1.91. The molecule has 0 unspecified atom stereocenters. The van der Waals surface area contributed by atoms with E-state index in [1.165, 1.54) is 4.88 Å². The van der Waals surface area contributed by atoms with Crippen molar-refractivity contribution in [2.24, 2.45) is 4.99 Å². The van der Waals surface area contributed by atoms with E-state index in [1.807, 2.05) is 36.4 Å². The molecule has 0 aliphatic rings. The first kappa shape index (κ1) is 15.4. The van der Waals surface area contributed by atoms with Crippen LogP contribution < -0.4 is 4.80 Å². The van der Waals surface area contributed by atoms with E-state index >= 15 is 0 Å². The van der Waals surface area contributed by atoms with Crippen molar-refractivity contribution in [2.45, 2.75) is 6.54 Å². The zero-order chi connectivity index (χ0) is 16.4. The maximum Gasteiger partial charge on any atom is 0.190 e. The topological polar surface area (TPSA) is 30.4 Å². The van der Waals surface area contributed by atoms with Crippen LogP contribution >= 0.6 is 34.3 Å². The Hall–Kier alpha value is -2.08. The van der Waals surface area contributed by atoms with E-state index in [0.29, 0.717) is 11.6 Å². The second-order valence-electron chi connectivity index (χ2n) is 5.11. The number of furan rings is 1. The third-order valence-corrected chi connectivity index (χ3v) is 5.61. The van der Waals surface area contributed by atoms with Gasteiger partial charge in [-0.15, -0.1) is 22.7 Å². The number of para-hydroxylation sites is 1. The van der Waals surface area contributed by atoms with Gasteiger partial charge in [-0.25, -0.2) is 4.99 Å². The Labute approximate surface area is 152 Å². The van der Waals surface area contributed by atoms with Gasteiger partial charge in [-0.2, -0.15) is 0 Å². The van der Waals surface area contributed by atoms with Crippen molar-refractivity contribution in [2.75, 3.05) is 0 Å². The standard InChI is InChI=1S/C18H13ClN2OS2/c19-14-6-1-2-7-15(14)20-18-21(11-13-5-3-9-22-13)16(12-24-18)17-8-4-10-23-17/h1-10,12H,11H2. The molecule has 0 bridgehead atoms. The summed E-state index contributed by atoms with van der Waals surface area (Å²) in [4.78, 5) is 6.86. The number of thiophene rings is 1. The average molecular weight is 373 g/mol. The van der Waals surface area contributed by atoms with Gasteiger partial charge < -0.3 is 8.98 Å². The minimum atomic E-state index is 0.632. The average Bonchev–Trinajstić information content (AvgIpc) is 3.33. The summed E-state index contributed by atoms with van der Waals surface area (Å²) < 4.78 is 7.69. The van der Waals surface area contributed by atoms with E-state index in [0.717, 1.165) is 21.9 Å². The number of halogens is 1. The summed E-state index contributed by atoms with van der Waals surface area (Å²) in [6, 6.07) is 15.7. The highest BCUT2D eigenvalue weighted by Crippen LogP contribution is 2.27. The van der Waals surface area contributed by atoms with Gasteiger partial charge in [0.1, 0.15) is 5.76 Å². The minimum absolute atomic E-state index is 0.632. The number of nitrogens with zero attached hydrogens (tertiary/aromatic N) is 2. The molecule has 3 heterocycles. The molecule has 0 amide bonds. The maximum absolute atomic E-state index is 6.26. The first-order valence-corrected chi connectivity index (χ1v) is 9.49. The Morgan fingerprint density at radius 3 is 2.71 bits per heavy atom. The first-order valence-electron chi connectivity index (χ1n) is 7.35. The summed E-state index contributed by atoms with van der Waals surface area (Å²) in [6.45, 7) is 0.632. The van der Waals surface area contributed by atoms with Crippen LogP contribution in [0, 0.1) is 0 Å². The van der Waals surface area contributed by atoms with Crippen molar-refractivity contribution in [3.05, 3.63) is 81.1 Å². The zero-order valence-corrected chi connectivity index (χ0v) is 14.9. The van der Waals surface area contributed by atoms with Crippen LogP contribution in [0.1, 0.15) is 5.76 Å². The largest absolute Gasteiger partial charge is 0.467 e. The molecular weight excluding hydrogens is 360 g/mol. The lowest BCUT2D eigenvalue weighted by Gasteiger charge is -2.06. The fourth-order valence-corrected chi connectivity index (χ4v) is 4.31. The molecule has 0 N–H and O–H groups in total. The molecule has 0 spiro atoms. The van der Waals surface area contributed by atoms with E-state index in [1.54, 1.807) is 28.9 Å². The second kappa shape index (κ2) is 6.81. The van der Waals surface area contributed by atoms with Gasteiger partial charge in [-0.1, -0.05) is 29.8 Å². The van der Waals surface area contributed by atoms with Crippen LogP contribution in [0.3, 0.4) is 0 Å². The summed E-state index contributed by atoms with van der Waals surface area (Å²) >= 11 is 9.58. The predicted octanol–water partition coefficient (Wildman–Crippen LogP) is 5.81. The summed E-state index contributed by atoms with van der Waals surface area (Å²) in [5.74, 6) is 0.895. The molecule has 0 saturated heterocycles. The molecular formula is C18H13ClN2OS2. The number of thiazole rings is 1. The molecule has 120 valence electrons. The molecule has 0 atom stereocenters. The van der Waals surface area contributed by atoms with Crippen LogP contribution in [0.25, 0.3) is 10.6 Å². The van der Waals surface area contributed by atoms with E-state index in [-0.39, 0.29) is 0 Å². The normalized spacial score (nSPS) is 12.0. The molecule has 3 nitrogen and oxygen atoms in total. The number of benzene rings is 1. The smallest absolute Gasteiger partial charge is 0.190 e. The van der Waals surface area contributed by atoms with Crippen molar-refractivity contribution >= 4 is 40.0 Å². The van der Waals surface area contributed by atoms with Gasteiger partial charge in [0.15, 0.2) is 4.80 Å². The highest BCUT2D eigenvalue weighted by molar-refractivity contribution is 7.14. The van der Waals surface area contributed by atoms with E-state index in [2.05, 4.69) is 27.5 Å². The summed E-state index contributed by atoms with van der Waals surface area (Å²) in [6.07, 6.45) is 1.69. The van der Waals surface area contributed by atoms with Crippen molar-refractivity contribution < 1.29 is 4.42 Å². The molecule has 0 aliphatic heterocycles. The predicted molar refractivity (Wildman–Crippen MR) is 100 cm³/mol. The SMILES string of the molecule is Clc1ccccc1N=c1scc(-c2cccs2)n1Cc1ccco1. The lowest BCUT2D eigenvalue weighted by Crippen LogP contribution is -2.16. The fourth-order valence-electron chi connectivity index (χ4n) is 2.40. The molecule has 4 aromatic rings. The third-order valence-electron chi connectivity index (χ3n) is 3.53. The highest BCUT2D eigenvalue weighted by atomic mass is 35.5. The molecule has 4 rings (SSSR count). The molecule has 0 fully saturated rings. The molecule has 6 heteroatoms. The Morgan fingerprint density at radius 1 is 1.04 bits per heavy atom. The van der Waals surface area contributed by atoms with Crippen LogP contribution in [0.15, 0.2) is 75.0 Å². The number of aromatic nitrogens is 1. The van der Waals surface area contributed by atoms with Gasteiger partial charge in [0.2, 0.25) is 0 Å². The van der Waals surface area contributed by atoms with Gasteiger partial charge in [0.05, 0.1) is 34.1 Å². The molecule has 0 aliphatic carbocycles. The number of hydrogen-bond acceptors (Lipinski definition) is 4. The van der Waals surface area contributed by atoms with Gasteiger partial charge in [-0.05, 0) is 35.7 Å². The lowest BCUT2D eigenvalue weighted by molar-refractivity contribution is 0.492. The number of hydrogen-bond donors (Lipinski definition) is 0. The number of rotatable bonds is 4. The van der Waals surface area contributed by atoms with Gasteiger partial charge >= 0.3 is 0 Å². The van der Waals surface area contributed by atoms with Crippen molar-refractivity contribution in [3.8, 4) is 10.6 Å². The van der Waals surface area contributed by atoms with E-state index in [4.69, 9.17) is 21.0 Å². The van der Waals surface area contributed by atoms with Crippen LogP contribution in [-0.2, 0) is 6.54 Å². The lowest BCUT2D eigenvalue weighted by atomic mass is 10.3. The molecule has 3 aromatic heterocycles. The summed E-state index contributed by atoms with van der Waals surface area (Å²) in [5, 5.41) is 4.85. The fraction of sp³-hybridized carbons (Fsp3) is 0.0556. The highest BCUT2D eigenvalue weighted by Gasteiger charge is 2.11. The monoisotopic (exact) mass is 372 g/mol. The van der Waals surface area contributed by atoms with Gasteiger partial charge in [0, 0.05) is 5.38 Å². The second-order valence-corrected chi connectivity index (χ2v) is 7.30. The van der Waals surface area contributed by atoms with Gasteiger partial charge in [-0.3, -0.25) is 0 Å². The van der Waals surface area contributed by atoms with Gasteiger partial charge in [0.25, 0.3) is 0 Å². The van der Waals surface area contributed by atoms with Crippen molar-refractivity contribution in [3.63, 3.8) is 0 Å². The molecule has 0 saturated carbocycles. The van der Waals surface area contributed by atoms with Crippen molar-refractivity contribution in [1.29, 1.82) is 0 Å². The Kier molecular flexibility index (Phi) is 4.38. The Bertz CT molecular complexity index is 998. The van der Waals surface area contributed by atoms with Crippen molar-refractivity contribution in [1.82, 2.24) is 4.57 Å². The molecule has 0 radical (unpaired) electrons. The maximum atomic E-state index is 6.26. The van der Waals surface area contributed by atoms with Crippen LogP contribution in [0.2, 0.25) is 5.02 Å². The first-order chi connectivity index (χ1) is 11.8. The quantitative estimate of drug-likeness (QED) is 0.445. The third kappa shape index (κ3) is 3.11. The van der Waals surface area contributed by atoms with Crippen LogP contribution in [-0.4, -0.2) is 4.57 Å². The zero-order valence-electron chi connectivity index (χ0n) is 12.6. The van der Waals surface area contributed by atoms with E-state index < -0.39 is 0 Å². The van der Waals surface area contributed by atoms with E-state index in [9.17, 15) is 0 Å². The Morgan fingerprint density at radius 2 is 1.96 bits per heavy atom. The summed E-state index contributed by atoms with van der Waals surface area (Å²) in [7, 11) is 0. The van der Waals surface area contributed by atoms with Crippen LogP contribution in [0.5, 0.6) is 0 Å². The Balaban J connectivity index is 1.86. The van der Waals surface area contributed by atoms with Crippen LogP contribution in [0.4, 0.5) is 5.69 Å². The molecule has 1 aromatic carbocycles.